The summed E-state index contributed by atoms with van der Waals surface area (Å²) in [5, 5.41) is 3.87. The topological polar surface area (TPSA) is 15.3 Å². The van der Waals surface area contributed by atoms with Gasteiger partial charge < -0.3 is 10.2 Å². The third-order valence-corrected chi connectivity index (χ3v) is 6.82. The highest BCUT2D eigenvalue weighted by Crippen LogP contribution is 2.41. The first-order valence-electron chi connectivity index (χ1n) is 10.4. The Labute approximate surface area is 146 Å². The van der Waals surface area contributed by atoms with Crippen molar-refractivity contribution in [2.45, 2.75) is 103 Å². The molecule has 1 saturated carbocycles. The highest BCUT2D eigenvalue weighted by Gasteiger charge is 2.40. The van der Waals surface area contributed by atoms with Gasteiger partial charge in [-0.2, -0.15) is 0 Å². The lowest BCUT2D eigenvalue weighted by Crippen LogP contribution is -2.52. The quantitative estimate of drug-likeness (QED) is 0.512. The third kappa shape index (κ3) is 6.05. The molecule has 2 heteroatoms. The van der Waals surface area contributed by atoms with Gasteiger partial charge in [-0.05, 0) is 71.5 Å². The summed E-state index contributed by atoms with van der Waals surface area (Å²) >= 11 is 0. The van der Waals surface area contributed by atoms with Crippen LogP contribution in [0.1, 0.15) is 91.9 Å². The number of hydrogen-bond acceptors (Lipinski definition) is 2. The molecule has 0 heterocycles. The van der Waals surface area contributed by atoms with E-state index >= 15 is 0 Å². The van der Waals surface area contributed by atoms with Gasteiger partial charge in [-0.25, -0.2) is 0 Å². The molecule has 138 valence electrons. The van der Waals surface area contributed by atoms with Crippen LogP contribution in [0.3, 0.4) is 0 Å². The Morgan fingerprint density at radius 2 is 1.78 bits per heavy atom. The van der Waals surface area contributed by atoms with Gasteiger partial charge in [-0.15, -0.1) is 0 Å². The second kappa shape index (κ2) is 10.7. The average Bonchev–Trinajstić information content (AvgIpc) is 3.11. The Morgan fingerprint density at radius 3 is 2.26 bits per heavy atom. The van der Waals surface area contributed by atoms with Crippen molar-refractivity contribution in [2.75, 3.05) is 20.6 Å². The van der Waals surface area contributed by atoms with Crippen LogP contribution in [0.5, 0.6) is 0 Å². The van der Waals surface area contributed by atoms with E-state index in [0.717, 1.165) is 11.8 Å². The number of nitrogens with one attached hydrogen (secondary N) is 1. The molecule has 1 N–H and O–H groups in total. The first kappa shape index (κ1) is 21.0. The minimum Gasteiger partial charge on any atom is -0.314 e. The van der Waals surface area contributed by atoms with Crippen molar-refractivity contribution in [3.8, 4) is 0 Å². The van der Waals surface area contributed by atoms with Gasteiger partial charge in [0.05, 0.1) is 0 Å². The van der Waals surface area contributed by atoms with Gasteiger partial charge in [0, 0.05) is 11.6 Å². The lowest BCUT2D eigenvalue weighted by atomic mass is 9.72. The van der Waals surface area contributed by atoms with Crippen LogP contribution in [0.15, 0.2) is 0 Å². The van der Waals surface area contributed by atoms with Crippen LogP contribution in [-0.2, 0) is 0 Å². The van der Waals surface area contributed by atoms with Gasteiger partial charge in [0.2, 0.25) is 0 Å². The van der Waals surface area contributed by atoms with E-state index in [9.17, 15) is 0 Å². The summed E-state index contributed by atoms with van der Waals surface area (Å²) in [4.78, 5) is 2.57. The van der Waals surface area contributed by atoms with Crippen molar-refractivity contribution in [3.05, 3.63) is 0 Å². The molecule has 23 heavy (non-hydrogen) atoms. The van der Waals surface area contributed by atoms with Crippen molar-refractivity contribution >= 4 is 0 Å². The van der Waals surface area contributed by atoms with Crippen LogP contribution in [0.25, 0.3) is 0 Å². The first-order valence-corrected chi connectivity index (χ1v) is 10.4. The molecule has 0 saturated heterocycles. The molecular formula is C21H44N2. The molecule has 0 amide bonds. The van der Waals surface area contributed by atoms with Crippen LogP contribution in [0.2, 0.25) is 0 Å². The largest absolute Gasteiger partial charge is 0.314 e. The number of hydrogen-bond donors (Lipinski definition) is 1. The fraction of sp³-hybridized carbons (Fsp3) is 1.00. The maximum atomic E-state index is 3.87. The summed E-state index contributed by atoms with van der Waals surface area (Å²) in [6.45, 7) is 10.6. The second-order valence-electron chi connectivity index (χ2n) is 8.14. The van der Waals surface area contributed by atoms with Crippen molar-refractivity contribution in [1.29, 1.82) is 0 Å². The molecule has 0 aliphatic heterocycles. The maximum Gasteiger partial charge on any atom is 0.0221 e. The molecule has 1 aliphatic rings. The highest BCUT2D eigenvalue weighted by atomic mass is 15.1. The van der Waals surface area contributed by atoms with E-state index in [-0.39, 0.29) is 0 Å². The summed E-state index contributed by atoms with van der Waals surface area (Å²) in [6.07, 6.45) is 13.8. The molecule has 3 unspecified atom stereocenters. The zero-order chi connectivity index (χ0) is 17.3. The lowest BCUT2D eigenvalue weighted by molar-refractivity contribution is 0.127. The minimum absolute atomic E-state index is 0.369. The fourth-order valence-electron chi connectivity index (χ4n) is 4.66. The highest BCUT2D eigenvalue weighted by molar-refractivity contribution is 4.97. The van der Waals surface area contributed by atoms with Crippen LogP contribution in [0, 0.1) is 11.8 Å². The van der Waals surface area contributed by atoms with Gasteiger partial charge in [-0.3, -0.25) is 0 Å². The van der Waals surface area contributed by atoms with Crippen LogP contribution in [-0.4, -0.2) is 37.1 Å². The Bertz CT molecular complexity index is 298. The zero-order valence-electron chi connectivity index (χ0n) is 17.0. The van der Waals surface area contributed by atoms with E-state index in [4.69, 9.17) is 0 Å². The summed E-state index contributed by atoms with van der Waals surface area (Å²) in [6, 6.07) is 0.700. The summed E-state index contributed by atoms with van der Waals surface area (Å²) in [7, 11) is 4.55. The average molecular weight is 325 g/mol. The molecule has 2 nitrogen and oxygen atoms in total. The Hall–Kier alpha value is -0.0800. The fourth-order valence-corrected chi connectivity index (χ4v) is 4.66. The maximum absolute atomic E-state index is 3.87. The second-order valence-corrected chi connectivity index (χ2v) is 8.14. The normalized spacial score (nSPS) is 21.5. The SMILES string of the molecule is CCCC(CC)CC(CCN(C)C(C)CC)(NC)C1CCCC1. The minimum atomic E-state index is 0.369. The van der Waals surface area contributed by atoms with Crippen LogP contribution >= 0.6 is 0 Å². The number of rotatable bonds is 12. The Morgan fingerprint density at radius 1 is 1.13 bits per heavy atom. The lowest BCUT2D eigenvalue weighted by Gasteiger charge is -2.43. The van der Waals surface area contributed by atoms with Gasteiger partial charge in [0.1, 0.15) is 0 Å². The van der Waals surface area contributed by atoms with Gasteiger partial charge in [-0.1, -0.05) is 52.9 Å². The van der Waals surface area contributed by atoms with E-state index in [1.807, 2.05) is 0 Å². The molecule has 1 fully saturated rings. The molecule has 0 aromatic heterocycles. The van der Waals surface area contributed by atoms with E-state index in [2.05, 4.69) is 52.0 Å². The number of nitrogens with zero attached hydrogens (tertiary/aromatic N) is 1. The Kier molecular flexibility index (Phi) is 9.77. The first-order chi connectivity index (χ1) is 11.0. The third-order valence-electron chi connectivity index (χ3n) is 6.82. The molecule has 3 atom stereocenters. The van der Waals surface area contributed by atoms with E-state index < -0.39 is 0 Å². The van der Waals surface area contributed by atoms with E-state index in [0.29, 0.717) is 11.6 Å². The van der Waals surface area contributed by atoms with Crippen LogP contribution in [0.4, 0.5) is 0 Å². The monoisotopic (exact) mass is 324 g/mol. The zero-order valence-corrected chi connectivity index (χ0v) is 17.0. The van der Waals surface area contributed by atoms with Gasteiger partial charge in [0.15, 0.2) is 0 Å². The molecule has 1 rings (SSSR count). The van der Waals surface area contributed by atoms with E-state index in [1.54, 1.807) is 0 Å². The summed E-state index contributed by atoms with van der Waals surface area (Å²) < 4.78 is 0. The standard InChI is InChI=1S/C21H44N2/c1-7-12-19(9-3)17-21(22-5,20-13-10-11-14-20)15-16-23(6)18(4)8-2/h18-20,22H,7-17H2,1-6H3. The van der Waals surface area contributed by atoms with Crippen molar-refractivity contribution in [2.24, 2.45) is 11.8 Å². The van der Waals surface area contributed by atoms with Crippen molar-refractivity contribution in [3.63, 3.8) is 0 Å². The van der Waals surface area contributed by atoms with Crippen LogP contribution < -0.4 is 5.32 Å². The molecule has 0 bridgehead atoms. The molecule has 0 radical (unpaired) electrons. The Balaban J connectivity index is 2.81. The predicted octanol–water partition coefficient (Wildman–Crippen LogP) is 5.47. The summed E-state index contributed by atoms with van der Waals surface area (Å²) in [5.41, 5.74) is 0.369. The summed E-state index contributed by atoms with van der Waals surface area (Å²) in [5.74, 6) is 1.78. The molecule has 0 aromatic carbocycles. The molecule has 0 aromatic rings. The van der Waals surface area contributed by atoms with Gasteiger partial charge >= 0.3 is 0 Å². The van der Waals surface area contributed by atoms with Crippen molar-refractivity contribution in [1.82, 2.24) is 10.2 Å². The molecule has 0 spiro atoms. The molecular weight excluding hydrogens is 280 g/mol. The predicted molar refractivity (Wildman–Crippen MR) is 104 cm³/mol. The van der Waals surface area contributed by atoms with Crippen molar-refractivity contribution < 1.29 is 0 Å². The molecule has 1 aliphatic carbocycles. The van der Waals surface area contributed by atoms with Gasteiger partial charge in [0.25, 0.3) is 0 Å². The smallest absolute Gasteiger partial charge is 0.0221 e. The van der Waals surface area contributed by atoms with E-state index in [1.165, 1.54) is 70.8 Å².